The minimum atomic E-state index is 0. The summed E-state index contributed by atoms with van der Waals surface area (Å²) in [6, 6.07) is 0. The Balaban J connectivity index is 0.000000480. The smallest absolute Gasteiger partial charge is 0.0133 e. The molecule has 0 aromatic carbocycles. The highest BCUT2D eigenvalue weighted by molar-refractivity contribution is 5.21. The van der Waals surface area contributed by atoms with Crippen LogP contribution >= 0.6 is 0 Å². The fourth-order valence-corrected chi connectivity index (χ4v) is 2.97. The predicted octanol–water partition coefficient (Wildman–Crippen LogP) is 3.02. The van der Waals surface area contributed by atoms with Crippen molar-refractivity contribution in [2.24, 2.45) is 23.7 Å². The minimum absolute atomic E-state index is 0. The Morgan fingerprint density at radius 3 is 2.64 bits per heavy atom. The first-order chi connectivity index (χ1) is 4.95. The molecule has 3 aliphatic carbocycles. The van der Waals surface area contributed by atoms with Gasteiger partial charge in [-0.15, -0.1) is 0 Å². The van der Waals surface area contributed by atoms with E-state index in [1.165, 1.54) is 12.8 Å². The highest BCUT2D eigenvalue weighted by Crippen LogP contribution is 2.52. The number of allylic oxidation sites excluding steroid dienone is 4. The Labute approximate surface area is 69.0 Å². The van der Waals surface area contributed by atoms with Gasteiger partial charge in [-0.1, -0.05) is 31.7 Å². The zero-order chi connectivity index (χ0) is 6.55. The summed E-state index contributed by atoms with van der Waals surface area (Å²) in [5, 5.41) is 0. The van der Waals surface area contributed by atoms with Gasteiger partial charge < -0.3 is 0 Å². The summed E-state index contributed by atoms with van der Waals surface area (Å²) < 4.78 is 0. The molecule has 0 spiro atoms. The van der Waals surface area contributed by atoms with Gasteiger partial charge in [-0.25, -0.2) is 0 Å². The van der Waals surface area contributed by atoms with E-state index in [9.17, 15) is 0 Å². The molecule has 0 N–H and O–H groups in total. The Morgan fingerprint density at radius 2 is 1.82 bits per heavy atom. The van der Waals surface area contributed by atoms with Gasteiger partial charge in [0.2, 0.25) is 0 Å². The van der Waals surface area contributed by atoms with Gasteiger partial charge in [0, 0.05) is 0 Å². The maximum Gasteiger partial charge on any atom is -0.0133 e. The monoisotopic (exact) mass is 148 g/mol. The van der Waals surface area contributed by atoms with Crippen molar-refractivity contribution in [1.82, 2.24) is 0 Å². The van der Waals surface area contributed by atoms with Gasteiger partial charge in [0.25, 0.3) is 0 Å². The number of fused-ring (bicyclic) bond motifs is 5. The minimum Gasteiger partial charge on any atom is -0.0879 e. The Bertz CT molecular complexity index is 212. The molecular weight excluding hydrogens is 132 g/mol. The quantitative estimate of drug-likeness (QED) is 0.463. The van der Waals surface area contributed by atoms with Gasteiger partial charge >= 0.3 is 0 Å². The van der Waals surface area contributed by atoms with Crippen LogP contribution in [-0.4, -0.2) is 0 Å². The summed E-state index contributed by atoms with van der Waals surface area (Å²) in [5.74, 6) is 3.82. The second kappa shape index (κ2) is 2.23. The van der Waals surface area contributed by atoms with Crippen LogP contribution in [-0.2, 0) is 0 Å². The van der Waals surface area contributed by atoms with E-state index in [0.717, 1.165) is 23.7 Å². The maximum absolute atomic E-state index is 2.44. The van der Waals surface area contributed by atoms with Gasteiger partial charge in [0.15, 0.2) is 0 Å². The number of hydrogen-bond acceptors (Lipinski definition) is 0. The second-order valence-electron chi connectivity index (χ2n) is 3.85. The van der Waals surface area contributed by atoms with Crippen LogP contribution in [0.15, 0.2) is 24.3 Å². The van der Waals surface area contributed by atoms with Crippen molar-refractivity contribution in [2.75, 3.05) is 0 Å². The zero-order valence-corrected chi connectivity index (χ0v) is 6.03. The van der Waals surface area contributed by atoms with Crippen molar-refractivity contribution in [3.05, 3.63) is 24.3 Å². The summed E-state index contributed by atoms with van der Waals surface area (Å²) in [6.07, 6.45) is 12.5. The van der Waals surface area contributed by atoms with E-state index >= 15 is 0 Å². The summed E-state index contributed by atoms with van der Waals surface area (Å²) >= 11 is 0. The molecule has 3 rings (SSSR count). The molecule has 1 fully saturated rings. The summed E-state index contributed by atoms with van der Waals surface area (Å²) in [5.41, 5.74) is 0. The molecule has 2 bridgehead atoms. The molecule has 3 aliphatic rings. The maximum atomic E-state index is 2.44. The van der Waals surface area contributed by atoms with E-state index in [1.54, 1.807) is 0 Å². The Hall–Kier alpha value is -0.520. The van der Waals surface area contributed by atoms with Gasteiger partial charge in [-0.3, -0.25) is 0 Å². The first-order valence-electron chi connectivity index (χ1n) is 4.30. The lowest BCUT2D eigenvalue weighted by molar-refractivity contribution is 0.398. The fourth-order valence-electron chi connectivity index (χ4n) is 2.97. The van der Waals surface area contributed by atoms with E-state index in [0.29, 0.717) is 0 Å². The van der Waals surface area contributed by atoms with Gasteiger partial charge in [0.1, 0.15) is 0 Å². The SMILES string of the molecule is C.C1=CC2C3C=CC(C3)C2C1. The van der Waals surface area contributed by atoms with Crippen LogP contribution < -0.4 is 0 Å². The highest BCUT2D eigenvalue weighted by atomic mass is 14.5. The van der Waals surface area contributed by atoms with E-state index in [-0.39, 0.29) is 7.43 Å². The molecule has 0 nitrogen and oxygen atoms in total. The normalized spacial score (nSPS) is 49.5. The first kappa shape index (κ1) is 7.15. The molecule has 4 atom stereocenters. The van der Waals surface area contributed by atoms with Crippen molar-refractivity contribution in [3.63, 3.8) is 0 Å². The van der Waals surface area contributed by atoms with E-state index in [1.807, 2.05) is 0 Å². The Kier molecular flexibility index (Phi) is 1.45. The molecular formula is C11H16. The molecule has 60 valence electrons. The van der Waals surface area contributed by atoms with Gasteiger partial charge in [0.05, 0.1) is 0 Å². The van der Waals surface area contributed by atoms with E-state index < -0.39 is 0 Å². The largest absolute Gasteiger partial charge is 0.0879 e. The molecule has 0 aromatic heterocycles. The lowest BCUT2D eigenvalue weighted by atomic mass is 9.86. The van der Waals surface area contributed by atoms with Crippen molar-refractivity contribution in [2.45, 2.75) is 20.3 Å². The molecule has 4 unspecified atom stereocenters. The van der Waals surface area contributed by atoms with Gasteiger partial charge in [-0.05, 0) is 36.5 Å². The van der Waals surface area contributed by atoms with Crippen LogP contribution in [0.1, 0.15) is 20.3 Å². The van der Waals surface area contributed by atoms with Crippen LogP contribution in [0.5, 0.6) is 0 Å². The summed E-state index contributed by atoms with van der Waals surface area (Å²) in [6.45, 7) is 0. The van der Waals surface area contributed by atoms with Crippen LogP contribution in [0.25, 0.3) is 0 Å². The average Bonchev–Trinajstić information content (AvgIpc) is 2.60. The predicted molar refractivity (Wildman–Crippen MR) is 48.2 cm³/mol. The van der Waals surface area contributed by atoms with Crippen molar-refractivity contribution >= 4 is 0 Å². The fraction of sp³-hybridized carbons (Fsp3) is 0.636. The topological polar surface area (TPSA) is 0 Å². The second-order valence-corrected chi connectivity index (χ2v) is 3.85. The van der Waals surface area contributed by atoms with Crippen LogP contribution in [0.3, 0.4) is 0 Å². The summed E-state index contributed by atoms with van der Waals surface area (Å²) in [7, 11) is 0. The molecule has 0 aliphatic heterocycles. The summed E-state index contributed by atoms with van der Waals surface area (Å²) in [4.78, 5) is 0. The average molecular weight is 148 g/mol. The lowest BCUT2D eigenvalue weighted by Gasteiger charge is -2.18. The third kappa shape index (κ3) is 0.756. The van der Waals surface area contributed by atoms with Crippen LogP contribution in [0.2, 0.25) is 0 Å². The van der Waals surface area contributed by atoms with Crippen molar-refractivity contribution in [3.8, 4) is 0 Å². The molecule has 0 heteroatoms. The third-order valence-corrected chi connectivity index (χ3v) is 3.46. The standard InChI is InChI=1S/C10H12.CH4/c1-2-9-7-4-5-8(6-7)10(9)3-1;/h1-2,4-5,7-10H,3,6H2;1H4. The van der Waals surface area contributed by atoms with Crippen molar-refractivity contribution < 1.29 is 0 Å². The van der Waals surface area contributed by atoms with Crippen LogP contribution in [0.4, 0.5) is 0 Å². The molecule has 0 amide bonds. The number of hydrogen-bond donors (Lipinski definition) is 0. The lowest BCUT2D eigenvalue weighted by Crippen LogP contribution is -2.12. The molecule has 0 saturated heterocycles. The molecule has 0 heterocycles. The third-order valence-electron chi connectivity index (χ3n) is 3.46. The zero-order valence-electron chi connectivity index (χ0n) is 6.03. The van der Waals surface area contributed by atoms with E-state index in [2.05, 4.69) is 24.3 Å². The van der Waals surface area contributed by atoms with E-state index in [4.69, 9.17) is 0 Å². The van der Waals surface area contributed by atoms with Crippen molar-refractivity contribution in [1.29, 1.82) is 0 Å². The highest BCUT2D eigenvalue weighted by Gasteiger charge is 2.44. The molecule has 0 radical (unpaired) electrons. The molecule has 0 aromatic rings. The molecule has 11 heavy (non-hydrogen) atoms. The molecule has 1 saturated carbocycles. The number of rotatable bonds is 0. The van der Waals surface area contributed by atoms with Crippen LogP contribution in [0, 0.1) is 23.7 Å². The first-order valence-corrected chi connectivity index (χ1v) is 4.30. The van der Waals surface area contributed by atoms with Gasteiger partial charge in [-0.2, -0.15) is 0 Å². The Morgan fingerprint density at radius 1 is 1.00 bits per heavy atom.